The molecule has 0 fully saturated rings. The van der Waals surface area contributed by atoms with Crippen LogP contribution in [-0.4, -0.2) is 23.0 Å². The minimum absolute atomic E-state index is 0.0853. The van der Waals surface area contributed by atoms with Gasteiger partial charge in [-0.05, 0) is 41.1 Å². The Morgan fingerprint density at radius 2 is 2.21 bits per heavy atom. The van der Waals surface area contributed by atoms with Gasteiger partial charge in [0.05, 0.1) is 6.54 Å². The maximum Gasteiger partial charge on any atom is 0.254 e. The minimum atomic E-state index is -0.0853. The fraction of sp³-hybridized carbons (Fsp3) is 0.214. The van der Waals surface area contributed by atoms with Crippen LogP contribution in [0, 0.1) is 6.92 Å². The topological polar surface area (TPSA) is 40.5 Å². The van der Waals surface area contributed by atoms with Gasteiger partial charge in [-0.3, -0.25) is 4.79 Å². The van der Waals surface area contributed by atoms with E-state index in [1.807, 2.05) is 11.4 Å². The Hall–Kier alpha value is -1.33. The number of halogens is 1. The molecular weight excluding hydrogens is 326 g/mol. The lowest BCUT2D eigenvalue weighted by molar-refractivity contribution is 0.0785. The quantitative estimate of drug-likeness (QED) is 0.923. The summed E-state index contributed by atoms with van der Waals surface area (Å²) >= 11 is 5.01. The molecular formula is C14H14BrNO2S. The van der Waals surface area contributed by atoms with E-state index < -0.39 is 0 Å². The Labute approximate surface area is 124 Å². The third-order valence-corrected chi connectivity index (χ3v) is 4.58. The molecule has 1 aromatic carbocycles. The van der Waals surface area contributed by atoms with Crippen molar-refractivity contribution in [2.45, 2.75) is 13.5 Å². The average Bonchev–Trinajstić information content (AvgIpc) is 2.77. The van der Waals surface area contributed by atoms with Crippen LogP contribution >= 0.6 is 27.3 Å². The van der Waals surface area contributed by atoms with Crippen molar-refractivity contribution in [3.63, 3.8) is 0 Å². The molecule has 0 radical (unpaired) electrons. The Morgan fingerprint density at radius 1 is 1.47 bits per heavy atom. The maximum absolute atomic E-state index is 12.3. The molecule has 2 rings (SSSR count). The number of amides is 1. The number of rotatable bonds is 3. The second-order valence-corrected chi connectivity index (χ2v) is 6.25. The van der Waals surface area contributed by atoms with Gasteiger partial charge >= 0.3 is 0 Å². The number of benzene rings is 1. The predicted octanol–water partition coefficient (Wildman–Crippen LogP) is 3.80. The van der Waals surface area contributed by atoms with Crippen molar-refractivity contribution in [2.24, 2.45) is 0 Å². The number of hydrogen-bond donors (Lipinski definition) is 1. The molecule has 1 aromatic heterocycles. The van der Waals surface area contributed by atoms with Crippen molar-refractivity contribution in [1.29, 1.82) is 0 Å². The largest absolute Gasteiger partial charge is 0.508 e. The molecule has 0 spiro atoms. The summed E-state index contributed by atoms with van der Waals surface area (Å²) in [6.07, 6.45) is 0. The molecule has 0 bridgehead atoms. The number of carbonyl (C=O) groups excluding carboxylic acids is 1. The smallest absolute Gasteiger partial charge is 0.254 e. The number of hydrogen-bond acceptors (Lipinski definition) is 3. The van der Waals surface area contributed by atoms with Gasteiger partial charge in [0.2, 0.25) is 0 Å². The molecule has 2 aromatic rings. The van der Waals surface area contributed by atoms with Gasteiger partial charge in [0.15, 0.2) is 0 Å². The first-order valence-corrected chi connectivity index (χ1v) is 7.43. The van der Waals surface area contributed by atoms with Gasteiger partial charge in [-0.15, -0.1) is 11.3 Å². The van der Waals surface area contributed by atoms with E-state index in [4.69, 9.17) is 0 Å². The first kappa shape index (κ1) is 14.1. The van der Waals surface area contributed by atoms with E-state index >= 15 is 0 Å². The number of phenols is 1. The second kappa shape index (κ2) is 5.75. The van der Waals surface area contributed by atoms with E-state index in [1.165, 1.54) is 0 Å². The number of nitrogens with zero attached hydrogens (tertiary/aromatic N) is 1. The van der Waals surface area contributed by atoms with Crippen molar-refractivity contribution < 1.29 is 9.90 Å². The zero-order valence-corrected chi connectivity index (χ0v) is 13.1. The molecule has 19 heavy (non-hydrogen) atoms. The molecule has 0 aliphatic carbocycles. The molecule has 0 aliphatic heterocycles. The van der Waals surface area contributed by atoms with E-state index in [0.717, 1.165) is 9.35 Å². The van der Waals surface area contributed by atoms with Crippen LogP contribution < -0.4 is 0 Å². The van der Waals surface area contributed by atoms with Crippen molar-refractivity contribution in [1.82, 2.24) is 4.90 Å². The summed E-state index contributed by atoms with van der Waals surface area (Å²) in [5, 5.41) is 11.6. The van der Waals surface area contributed by atoms with Crippen molar-refractivity contribution in [2.75, 3.05) is 7.05 Å². The van der Waals surface area contributed by atoms with Gasteiger partial charge in [-0.1, -0.05) is 6.07 Å². The summed E-state index contributed by atoms with van der Waals surface area (Å²) in [5.41, 5.74) is 1.16. The summed E-state index contributed by atoms with van der Waals surface area (Å²) in [6.45, 7) is 2.31. The number of phenolic OH excluding ortho intramolecular Hbond substituents is 1. The lowest BCUT2D eigenvalue weighted by Crippen LogP contribution is -2.26. The van der Waals surface area contributed by atoms with Crippen molar-refractivity contribution in [3.05, 3.63) is 50.1 Å². The zero-order chi connectivity index (χ0) is 14.0. The van der Waals surface area contributed by atoms with Crippen LogP contribution in [0.1, 0.15) is 20.8 Å². The molecule has 0 unspecified atom stereocenters. The average molecular weight is 340 g/mol. The van der Waals surface area contributed by atoms with E-state index in [-0.39, 0.29) is 11.7 Å². The van der Waals surface area contributed by atoms with Crippen LogP contribution in [0.5, 0.6) is 5.75 Å². The first-order valence-electron chi connectivity index (χ1n) is 5.76. The normalized spacial score (nSPS) is 10.5. The van der Waals surface area contributed by atoms with Gasteiger partial charge in [-0.25, -0.2) is 0 Å². The van der Waals surface area contributed by atoms with E-state index in [2.05, 4.69) is 15.9 Å². The molecule has 0 aliphatic rings. The Bertz CT molecular complexity index is 609. The molecule has 3 nitrogen and oxygen atoms in total. The molecule has 1 N–H and O–H groups in total. The molecule has 5 heteroatoms. The van der Waals surface area contributed by atoms with Gasteiger partial charge in [0.25, 0.3) is 5.91 Å². The SMILES string of the molecule is Cc1c(O)cccc1C(=O)N(C)Cc1cc(Br)cs1. The molecule has 0 atom stereocenters. The van der Waals surface area contributed by atoms with E-state index in [9.17, 15) is 9.90 Å². The zero-order valence-electron chi connectivity index (χ0n) is 10.7. The summed E-state index contributed by atoms with van der Waals surface area (Å²) in [4.78, 5) is 15.1. The van der Waals surface area contributed by atoms with E-state index in [1.54, 1.807) is 48.4 Å². The Balaban J connectivity index is 2.17. The highest BCUT2D eigenvalue weighted by Crippen LogP contribution is 2.23. The van der Waals surface area contributed by atoms with E-state index in [0.29, 0.717) is 17.7 Å². The highest BCUT2D eigenvalue weighted by molar-refractivity contribution is 9.10. The number of thiophene rings is 1. The summed E-state index contributed by atoms with van der Waals surface area (Å²) in [6, 6.07) is 7.01. The molecule has 100 valence electrons. The van der Waals surface area contributed by atoms with Gasteiger partial charge < -0.3 is 10.0 Å². The summed E-state index contributed by atoms with van der Waals surface area (Å²) < 4.78 is 1.03. The number of aromatic hydroxyl groups is 1. The molecule has 1 amide bonds. The molecule has 0 saturated heterocycles. The predicted molar refractivity (Wildman–Crippen MR) is 80.7 cm³/mol. The first-order chi connectivity index (χ1) is 8.99. The van der Waals surface area contributed by atoms with Crippen molar-refractivity contribution >= 4 is 33.2 Å². The van der Waals surface area contributed by atoms with Crippen LogP contribution in [0.2, 0.25) is 0 Å². The Morgan fingerprint density at radius 3 is 2.84 bits per heavy atom. The van der Waals surface area contributed by atoms with Crippen molar-refractivity contribution in [3.8, 4) is 5.75 Å². The summed E-state index contributed by atoms with van der Waals surface area (Å²) in [5.74, 6) is 0.0658. The Kier molecular flexibility index (Phi) is 4.27. The lowest BCUT2D eigenvalue weighted by atomic mass is 10.1. The highest BCUT2D eigenvalue weighted by Gasteiger charge is 2.16. The third kappa shape index (κ3) is 3.16. The van der Waals surface area contributed by atoms with Crippen LogP contribution in [-0.2, 0) is 6.54 Å². The number of carbonyl (C=O) groups is 1. The van der Waals surface area contributed by atoms with Crippen LogP contribution in [0.25, 0.3) is 0 Å². The molecule has 0 saturated carbocycles. The standard InChI is InChI=1S/C14H14BrNO2S/c1-9-12(4-3-5-13(9)17)14(18)16(2)7-11-6-10(15)8-19-11/h3-6,8,17H,7H2,1-2H3. The monoisotopic (exact) mass is 339 g/mol. The third-order valence-electron chi connectivity index (χ3n) is 2.90. The van der Waals surface area contributed by atoms with Gasteiger partial charge in [0.1, 0.15) is 5.75 Å². The maximum atomic E-state index is 12.3. The fourth-order valence-electron chi connectivity index (χ4n) is 1.80. The van der Waals surface area contributed by atoms with Gasteiger partial charge in [0, 0.05) is 32.9 Å². The van der Waals surface area contributed by atoms with Crippen LogP contribution in [0.15, 0.2) is 34.1 Å². The second-order valence-electron chi connectivity index (χ2n) is 4.34. The van der Waals surface area contributed by atoms with Crippen LogP contribution in [0.3, 0.4) is 0 Å². The summed E-state index contributed by atoms with van der Waals surface area (Å²) in [7, 11) is 1.76. The molecule has 1 heterocycles. The fourth-order valence-corrected chi connectivity index (χ4v) is 3.31. The van der Waals surface area contributed by atoms with Crippen LogP contribution in [0.4, 0.5) is 0 Å². The highest BCUT2D eigenvalue weighted by atomic mass is 79.9. The lowest BCUT2D eigenvalue weighted by Gasteiger charge is -2.17. The minimum Gasteiger partial charge on any atom is -0.508 e. The van der Waals surface area contributed by atoms with Gasteiger partial charge in [-0.2, -0.15) is 0 Å².